The topological polar surface area (TPSA) is 20.3 Å². The minimum atomic E-state index is 0.130. The number of halogens is 1. The molecule has 0 aliphatic carbocycles. The van der Waals surface area contributed by atoms with Crippen molar-refractivity contribution in [3.05, 3.63) is 34.3 Å². The average Bonchev–Trinajstić information content (AvgIpc) is 2.28. The molecule has 0 saturated heterocycles. The van der Waals surface area contributed by atoms with Crippen LogP contribution in [0.5, 0.6) is 0 Å². The zero-order valence-electron chi connectivity index (χ0n) is 9.87. The van der Waals surface area contributed by atoms with Crippen LogP contribution in [0.4, 0.5) is 0 Å². The van der Waals surface area contributed by atoms with Crippen LogP contribution in [0.25, 0.3) is 0 Å². The average molecular weight is 284 g/mol. The maximum Gasteiger partial charge on any atom is 0.253 e. The molecule has 0 radical (unpaired) electrons. The second kappa shape index (κ2) is 6.69. The summed E-state index contributed by atoms with van der Waals surface area (Å²) in [5.74, 6) is 0.130. The third-order valence-electron chi connectivity index (χ3n) is 2.35. The van der Waals surface area contributed by atoms with Crippen LogP contribution in [0.1, 0.15) is 37.0 Å². The molecular formula is C13H18BrNO. The minimum Gasteiger partial charge on any atom is -0.339 e. The Bertz CT molecular complexity index is 346. The van der Waals surface area contributed by atoms with Crippen molar-refractivity contribution in [3.63, 3.8) is 0 Å². The van der Waals surface area contributed by atoms with Gasteiger partial charge in [0.05, 0.1) is 0 Å². The molecule has 0 unspecified atom stereocenters. The van der Waals surface area contributed by atoms with Crippen molar-refractivity contribution in [1.82, 2.24) is 4.90 Å². The van der Waals surface area contributed by atoms with Crippen molar-refractivity contribution in [2.24, 2.45) is 0 Å². The Kier molecular flexibility index (Phi) is 5.53. The smallest absolute Gasteiger partial charge is 0.253 e. The van der Waals surface area contributed by atoms with Crippen molar-refractivity contribution in [1.29, 1.82) is 0 Å². The zero-order chi connectivity index (χ0) is 12.0. The van der Waals surface area contributed by atoms with Crippen LogP contribution in [0, 0.1) is 0 Å². The molecule has 0 atom stereocenters. The molecule has 1 amide bonds. The van der Waals surface area contributed by atoms with Crippen molar-refractivity contribution < 1.29 is 4.79 Å². The van der Waals surface area contributed by atoms with E-state index in [4.69, 9.17) is 0 Å². The molecule has 1 aromatic rings. The number of carbonyl (C=O) groups is 1. The van der Waals surface area contributed by atoms with E-state index in [1.165, 1.54) is 0 Å². The summed E-state index contributed by atoms with van der Waals surface area (Å²) in [7, 11) is 0. The molecule has 2 nitrogen and oxygen atoms in total. The number of hydrogen-bond donors (Lipinski definition) is 0. The first-order chi connectivity index (χ1) is 7.69. The summed E-state index contributed by atoms with van der Waals surface area (Å²) in [5, 5.41) is 0. The van der Waals surface area contributed by atoms with Gasteiger partial charge in [0.15, 0.2) is 0 Å². The molecule has 0 aromatic heterocycles. The van der Waals surface area contributed by atoms with Crippen LogP contribution in [0.2, 0.25) is 0 Å². The number of carbonyl (C=O) groups excluding carboxylic acids is 1. The van der Waals surface area contributed by atoms with Crippen molar-refractivity contribution >= 4 is 21.8 Å². The molecule has 0 N–H and O–H groups in total. The van der Waals surface area contributed by atoms with Gasteiger partial charge in [-0.3, -0.25) is 4.79 Å². The summed E-state index contributed by atoms with van der Waals surface area (Å²) >= 11 is 3.39. The van der Waals surface area contributed by atoms with Gasteiger partial charge in [-0.05, 0) is 31.0 Å². The summed E-state index contributed by atoms with van der Waals surface area (Å²) in [6.45, 7) is 5.85. The molecule has 0 bridgehead atoms. The lowest BCUT2D eigenvalue weighted by atomic mass is 10.2. The monoisotopic (exact) mass is 283 g/mol. The van der Waals surface area contributed by atoms with E-state index in [0.29, 0.717) is 0 Å². The first-order valence-electron chi connectivity index (χ1n) is 5.73. The molecule has 88 valence electrons. The highest BCUT2D eigenvalue weighted by Gasteiger charge is 2.13. The molecule has 0 aliphatic rings. The first-order valence-corrected chi connectivity index (χ1v) is 6.53. The van der Waals surface area contributed by atoms with Gasteiger partial charge < -0.3 is 4.90 Å². The van der Waals surface area contributed by atoms with Crippen LogP contribution in [0.15, 0.2) is 28.7 Å². The van der Waals surface area contributed by atoms with E-state index >= 15 is 0 Å². The Morgan fingerprint density at radius 3 is 2.38 bits per heavy atom. The predicted octanol–water partition coefficient (Wildman–Crippen LogP) is 3.71. The van der Waals surface area contributed by atoms with Gasteiger partial charge in [-0.2, -0.15) is 0 Å². The zero-order valence-corrected chi connectivity index (χ0v) is 11.5. The lowest BCUT2D eigenvalue weighted by Crippen LogP contribution is -2.32. The normalized spacial score (nSPS) is 10.2. The highest BCUT2D eigenvalue weighted by atomic mass is 79.9. The van der Waals surface area contributed by atoms with Gasteiger partial charge in [-0.15, -0.1) is 0 Å². The van der Waals surface area contributed by atoms with E-state index in [9.17, 15) is 4.79 Å². The highest BCUT2D eigenvalue weighted by Crippen LogP contribution is 2.14. The largest absolute Gasteiger partial charge is 0.339 e. The summed E-state index contributed by atoms with van der Waals surface area (Å²) in [4.78, 5) is 14.1. The Balaban J connectivity index is 2.81. The molecule has 1 rings (SSSR count). The fourth-order valence-corrected chi connectivity index (χ4v) is 2.06. The quantitative estimate of drug-likeness (QED) is 0.807. The number of rotatable bonds is 5. The van der Waals surface area contributed by atoms with Crippen molar-refractivity contribution in [2.75, 3.05) is 13.1 Å². The van der Waals surface area contributed by atoms with Crippen molar-refractivity contribution in [3.8, 4) is 0 Å². The fourth-order valence-electron chi connectivity index (χ4n) is 1.66. The van der Waals surface area contributed by atoms with Crippen LogP contribution >= 0.6 is 15.9 Å². The number of amides is 1. The van der Waals surface area contributed by atoms with Gasteiger partial charge >= 0.3 is 0 Å². The van der Waals surface area contributed by atoms with Crippen LogP contribution < -0.4 is 0 Å². The predicted molar refractivity (Wildman–Crippen MR) is 70.6 cm³/mol. The lowest BCUT2D eigenvalue weighted by molar-refractivity contribution is 0.0755. The van der Waals surface area contributed by atoms with E-state index in [1.54, 1.807) is 0 Å². The number of nitrogens with zero attached hydrogens (tertiary/aromatic N) is 1. The molecule has 0 fully saturated rings. The molecule has 0 aliphatic heterocycles. The lowest BCUT2D eigenvalue weighted by Gasteiger charge is -2.21. The molecule has 1 aromatic carbocycles. The van der Waals surface area contributed by atoms with E-state index < -0.39 is 0 Å². The van der Waals surface area contributed by atoms with Crippen LogP contribution in [-0.2, 0) is 0 Å². The van der Waals surface area contributed by atoms with Crippen LogP contribution in [-0.4, -0.2) is 23.9 Å². The maximum atomic E-state index is 12.2. The van der Waals surface area contributed by atoms with Gasteiger partial charge in [-0.1, -0.05) is 35.8 Å². The third-order valence-corrected chi connectivity index (χ3v) is 2.84. The Labute approximate surface area is 106 Å². The first kappa shape index (κ1) is 13.2. The molecule has 0 spiro atoms. The summed E-state index contributed by atoms with van der Waals surface area (Å²) in [6.07, 6.45) is 2.00. The van der Waals surface area contributed by atoms with Gasteiger partial charge in [-0.25, -0.2) is 0 Å². The minimum absolute atomic E-state index is 0.130. The van der Waals surface area contributed by atoms with E-state index in [0.717, 1.165) is 36.0 Å². The van der Waals surface area contributed by atoms with Crippen LogP contribution in [0.3, 0.4) is 0 Å². The molecule has 3 heteroatoms. The van der Waals surface area contributed by atoms with Gasteiger partial charge in [0.1, 0.15) is 0 Å². The number of hydrogen-bond acceptors (Lipinski definition) is 1. The fraction of sp³-hybridized carbons (Fsp3) is 0.462. The Morgan fingerprint density at radius 1 is 1.25 bits per heavy atom. The van der Waals surface area contributed by atoms with Crippen molar-refractivity contribution in [2.45, 2.75) is 26.7 Å². The third kappa shape index (κ3) is 3.63. The summed E-state index contributed by atoms with van der Waals surface area (Å²) in [5.41, 5.74) is 0.760. The van der Waals surface area contributed by atoms with E-state index in [-0.39, 0.29) is 5.91 Å². The molecular weight excluding hydrogens is 266 g/mol. The molecule has 0 heterocycles. The second-order valence-electron chi connectivity index (χ2n) is 3.80. The van der Waals surface area contributed by atoms with E-state index in [2.05, 4.69) is 29.8 Å². The van der Waals surface area contributed by atoms with Gasteiger partial charge in [0.25, 0.3) is 5.91 Å². The Hall–Kier alpha value is -0.830. The van der Waals surface area contributed by atoms with Gasteiger partial charge in [0.2, 0.25) is 0 Å². The Morgan fingerprint density at radius 2 is 1.88 bits per heavy atom. The highest BCUT2D eigenvalue weighted by molar-refractivity contribution is 9.10. The standard InChI is InChI=1S/C13H18BrNO/c1-3-8-15(9-4-2)13(16)11-6-5-7-12(14)10-11/h5-7,10H,3-4,8-9H2,1-2H3. The molecule has 16 heavy (non-hydrogen) atoms. The maximum absolute atomic E-state index is 12.2. The second-order valence-corrected chi connectivity index (χ2v) is 4.72. The summed E-state index contributed by atoms with van der Waals surface area (Å²) < 4.78 is 0.950. The van der Waals surface area contributed by atoms with E-state index in [1.807, 2.05) is 29.2 Å². The number of benzene rings is 1. The van der Waals surface area contributed by atoms with Gasteiger partial charge in [0, 0.05) is 23.1 Å². The molecule has 0 saturated carbocycles. The SMILES string of the molecule is CCCN(CCC)C(=O)c1cccc(Br)c1. The summed E-state index contributed by atoms with van der Waals surface area (Å²) in [6, 6.07) is 7.57.